The number of hydrogen-bond donors (Lipinski definition) is 1. The van der Waals surface area contributed by atoms with Gasteiger partial charge < -0.3 is 19.7 Å². The summed E-state index contributed by atoms with van der Waals surface area (Å²) in [4.78, 5) is 26.0. The number of aryl methyl sites for hydroxylation is 2. The van der Waals surface area contributed by atoms with Gasteiger partial charge in [-0.05, 0) is 48.7 Å². The first-order chi connectivity index (χ1) is 13.4. The van der Waals surface area contributed by atoms with E-state index in [1.165, 1.54) is 11.0 Å². The summed E-state index contributed by atoms with van der Waals surface area (Å²) >= 11 is 0. The Kier molecular flexibility index (Phi) is 5.99. The number of hydrogen-bond acceptors (Lipinski definition) is 4. The van der Waals surface area contributed by atoms with Gasteiger partial charge in [-0.3, -0.25) is 9.59 Å². The predicted octanol–water partition coefficient (Wildman–Crippen LogP) is 3.18. The molecule has 2 aromatic carbocycles. The van der Waals surface area contributed by atoms with Crippen LogP contribution < -0.4 is 14.8 Å². The minimum absolute atomic E-state index is 0.0297. The van der Waals surface area contributed by atoms with Crippen molar-refractivity contribution >= 4 is 23.6 Å². The third kappa shape index (κ3) is 4.71. The molecule has 0 aromatic heterocycles. The van der Waals surface area contributed by atoms with E-state index in [2.05, 4.69) is 5.32 Å². The lowest BCUT2D eigenvalue weighted by molar-refractivity contribution is -0.129. The smallest absolute Gasteiger partial charge is 0.246 e. The van der Waals surface area contributed by atoms with E-state index in [0.29, 0.717) is 24.7 Å². The molecule has 0 unspecified atom stereocenters. The zero-order chi connectivity index (χ0) is 20.1. The number of anilines is 1. The highest BCUT2D eigenvalue weighted by Crippen LogP contribution is 2.31. The van der Waals surface area contributed by atoms with Crippen molar-refractivity contribution in [1.82, 2.24) is 4.90 Å². The summed E-state index contributed by atoms with van der Waals surface area (Å²) < 4.78 is 11.0. The summed E-state index contributed by atoms with van der Waals surface area (Å²) in [5, 5.41) is 2.88. The summed E-state index contributed by atoms with van der Waals surface area (Å²) in [5.41, 5.74) is 3.59. The van der Waals surface area contributed by atoms with Crippen LogP contribution in [0.1, 0.15) is 16.7 Å². The molecule has 1 heterocycles. The molecule has 2 aromatic rings. The summed E-state index contributed by atoms with van der Waals surface area (Å²) in [6.45, 7) is 4.89. The second-order valence-corrected chi connectivity index (χ2v) is 6.75. The van der Waals surface area contributed by atoms with Gasteiger partial charge in [0.2, 0.25) is 11.8 Å². The molecule has 6 heteroatoms. The largest absolute Gasteiger partial charge is 0.486 e. The highest BCUT2D eigenvalue weighted by Gasteiger charge is 2.14. The summed E-state index contributed by atoms with van der Waals surface area (Å²) in [7, 11) is 1.60. The number of likely N-dealkylation sites (N-methyl/N-ethyl adjacent to an activating group) is 1. The van der Waals surface area contributed by atoms with Gasteiger partial charge in [0, 0.05) is 18.8 Å². The molecule has 0 bridgehead atoms. The molecule has 1 N–H and O–H groups in total. The van der Waals surface area contributed by atoms with Crippen molar-refractivity contribution in [2.24, 2.45) is 0 Å². The van der Waals surface area contributed by atoms with Crippen LogP contribution in [0.5, 0.6) is 11.5 Å². The SMILES string of the molecule is Cc1cccc(C)c1NC(=O)CN(C)C(=O)/C=C/c1ccc2c(c1)OCCO2. The Hall–Kier alpha value is -3.28. The number of carbonyl (C=O) groups excluding carboxylic acids is 2. The van der Waals surface area contributed by atoms with Gasteiger partial charge >= 0.3 is 0 Å². The Labute approximate surface area is 164 Å². The molecule has 1 aliphatic rings. The lowest BCUT2D eigenvalue weighted by atomic mass is 10.1. The molecule has 0 fully saturated rings. The molecule has 6 nitrogen and oxygen atoms in total. The quantitative estimate of drug-likeness (QED) is 0.809. The van der Waals surface area contributed by atoms with Crippen molar-refractivity contribution in [2.45, 2.75) is 13.8 Å². The molecule has 0 radical (unpaired) electrons. The fourth-order valence-corrected chi connectivity index (χ4v) is 2.94. The highest BCUT2D eigenvalue weighted by atomic mass is 16.6. The Morgan fingerprint density at radius 2 is 1.75 bits per heavy atom. The topological polar surface area (TPSA) is 67.9 Å². The first-order valence-electron chi connectivity index (χ1n) is 9.13. The molecule has 0 spiro atoms. The van der Waals surface area contributed by atoms with Crippen LogP contribution in [0.25, 0.3) is 6.08 Å². The number of ether oxygens (including phenoxy) is 2. The average Bonchev–Trinajstić information content (AvgIpc) is 2.68. The van der Waals surface area contributed by atoms with Gasteiger partial charge in [-0.1, -0.05) is 24.3 Å². The molecule has 3 rings (SSSR count). The third-order valence-corrected chi connectivity index (χ3v) is 4.49. The Morgan fingerprint density at radius 3 is 2.46 bits per heavy atom. The van der Waals surface area contributed by atoms with Gasteiger partial charge in [-0.15, -0.1) is 0 Å². The fourth-order valence-electron chi connectivity index (χ4n) is 2.94. The Balaban J connectivity index is 1.58. The van der Waals surface area contributed by atoms with E-state index in [-0.39, 0.29) is 18.4 Å². The molecule has 0 aliphatic carbocycles. The summed E-state index contributed by atoms with van der Waals surface area (Å²) in [6, 6.07) is 11.3. The standard InChI is InChI=1S/C22H24N2O4/c1-15-5-4-6-16(2)22(15)23-20(25)14-24(3)21(26)10-8-17-7-9-18-19(13-17)28-12-11-27-18/h4-10,13H,11-12,14H2,1-3H3,(H,23,25)/b10-8+. The molecule has 2 amide bonds. The minimum atomic E-state index is -0.258. The van der Waals surface area contributed by atoms with E-state index in [0.717, 1.165) is 22.4 Å². The van der Waals surface area contributed by atoms with Gasteiger partial charge in [0.05, 0.1) is 6.54 Å². The third-order valence-electron chi connectivity index (χ3n) is 4.49. The first kappa shape index (κ1) is 19.5. The number of amides is 2. The lowest BCUT2D eigenvalue weighted by Crippen LogP contribution is -2.34. The maximum absolute atomic E-state index is 12.3. The molecule has 28 heavy (non-hydrogen) atoms. The molecule has 146 valence electrons. The van der Waals surface area contributed by atoms with Gasteiger partial charge in [-0.25, -0.2) is 0 Å². The van der Waals surface area contributed by atoms with Crippen molar-refractivity contribution in [3.05, 3.63) is 59.2 Å². The van der Waals surface area contributed by atoms with Crippen LogP contribution in [0.2, 0.25) is 0 Å². The van der Waals surface area contributed by atoms with E-state index in [1.54, 1.807) is 13.1 Å². The predicted molar refractivity (Wildman–Crippen MR) is 109 cm³/mol. The Morgan fingerprint density at radius 1 is 1.07 bits per heavy atom. The Bertz CT molecular complexity index is 900. The maximum Gasteiger partial charge on any atom is 0.246 e. The molecular formula is C22H24N2O4. The fraction of sp³-hybridized carbons (Fsp3) is 0.273. The van der Waals surface area contributed by atoms with Crippen LogP contribution in [-0.2, 0) is 9.59 Å². The monoisotopic (exact) mass is 380 g/mol. The molecule has 0 atom stereocenters. The number of fused-ring (bicyclic) bond motifs is 1. The van der Waals surface area contributed by atoms with Crippen molar-refractivity contribution in [3.63, 3.8) is 0 Å². The zero-order valence-electron chi connectivity index (χ0n) is 16.3. The zero-order valence-corrected chi connectivity index (χ0v) is 16.3. The minimum Gasteiger partial charge on any atom is -0.486 e. The highest BCUT2D eigenvalue weighted by molar-refractivity contribution is 5.98. The van der Waals surface area contributed by atoms with Crippen LogP contribution >= 0.6 is 0 Å². The van der Waals surface area contributed by atoms with Crippen LogP contribution in [0, 0.1) is 13.8 Å². The van der Waals surface area contributed by atoms with Gasteiger partial charge in [-0.2, -0.15) is 0 Å². The van der Waals surface area contributed by atoms with Crippen molar-refractivity contribution in [1.29, 1.82) is 0 Å². The summed E-state index contributed by atoms with van der Waals surface area (Å²) in [6.07, 6.45) is 3.14. The van der Waals surface area contributed by atoms with Crippen LogP contribution in [0.15, 0.2) is 42.5 Å². The number of benzene rings is 2. The molecule has 1 aliphatic heterocycles. The number of carbonyl (C=O) groups is 2. The van der Waals surface area contributed by atoms with Crippen LogP contribution in [0.4, 0.5) is 5.69 Å². The maximum atomic E-state index is 12.3. The van der Waals surface area contributed by atoms with Crippen LogP contribution in [-0.4, -0.2) is 43.5 Å². The van der Waals surface area contributed by atoms with Crippen molar-refractivity contribution in [3.8, 4) is 11.5 Å². The van der Waals surface area contributed by atoms with Crippen molar-refractivity contribution in [2.75, 3.05) is 32.1 Å². The van der Waals surface area contributed by atoms with E-state index in [1.807, 2.05) is 50.2 Å². The van der Waals surface area contributed by atoms with Crippen molar-refractivity contribution < 1.29 is 19.1 Å². The number of nitrogens with one attached hydrogen (secondary N) is 1. The number of para-hydroxylation sites is 1. The second kappa shape index (κ2) is 8.61. The summed E-state index contributed by atoms with van der Waals surface area (Å²) in [5.74, 6) is 0.879. The van der Waals surface area contributed by atoms with E-state index in [4.69, 9.17) is 9.47 Å². The molecule has 0 saturated heterocycles. The second-order valence-electron chi connectivity index (χ2n) is 6.75. The molecule has 0 saturated carbocycles. The number of rotatable bonds is 5. The number of nitrogens with zero attached hydrogens (tertiary/aromatic N) is 1. The first-order valence-corrected chi connectivity index (χ1v) is 9.13. The van der Waals surface area contributed by atoms with Gasteiger partial charge in [0.25, 0.3) is 0 Å². The van der Waals surface area contributed by atoms with Gasteiger partial charge in [0.15, 0.2) is 11.5 Å². The van der Waals surface area contributed by atoms with Gasteiger partial charge in [0.1, 0.15) is 13.2 Å². The van der Waals surface area contributed by atoms with E-state index >= 15 is 0 Å². The van der Waals surface area contributed by atoms with E-state index < -0.39 is 0 Å². The molecular weight excluding hydrogens is 356 g/mol. The van der Waals surface area contributed by atoms with E-state index in [9.17, 15) is 9.59 Å². The normalized spacial score (nSPS) is 12.7. The van der Waals surface area contributed by atoms with Crippen LogP contribution in [0.3, 0.4) is 0 Å². The average molecular weight is 380 g/mol. The lowest BCUT2D eigenvalue weighted by Gasteiger charge is -2.18.